The SMILES string of the molecule is CCCCCCCCCCCCCCCCCCCCCCCCCCCCCC/C=C/C(O)C(COP(=O)([O-])OCC[N+](C)(C)C)NC(=O)CCCCCC. The molecule has 0 aliphatic heterocycles. The van der Waals surface area contributed by atoms with Gasteiger partial charge >= 0.3 is 0 Å². The minimum Gasteiger partial charge on any atom is -0.756 e. The number of aliphatic hydroxyl groups is 1. The van der Waals surface area contributed by atoms with E-state index in [0.717, 1.165) is 44.9 Å². The number of hydrogen-bond acceptors (Lipinski definition) is 6. The fourth-order valence-electron chi connectivity index (χ4n) is 7.15. The monoisotopic (exact) mass is 815 g/mol. The number of allylic oxidation sites excluding steroid dienone is 1. The number of amides is 1. The number of phosphoric ester groups is 1. The highest BCUT2D eigenvalue weighted by molar-refractivity contribution is 7.45. The predicted octanol–water partition coefficient (Wildman–Crippen LogP) is 12.9. The average molecular weight is 815 g/mol. The van der Waals surface area contributed by atoms with Crippen LogP contribution in [0.15, 0.2) is 12.2 Å². The fraction of sp³-hybridized carbons (Fsp3) is 0.936. The maximum Gasteiger partial charge on any atom is 0.268 e. The zero-order valence-corrected chi connectivity index (χ0v) is 38.7. The number of phosphoric acid groups is 1. The molecule has 334 valence electrons. The van der Waals surface area contributed by atoms with E-state index < -0.39 is 20.0 Å². The molecule has 0 spiro atoms. The molecule has 1 amide bonds. The van der Waals surface area contributed by atoms with Crippen LogP contribution in [0.5, 0.6) is 0 Å². The summed E-state index contributed by atoms with van der Waals surface area (Å²) in [6.07, 6.45) is 46.4. The van der Waals surface area contributed by atoms with Gasteiger partial charge in [0.2, 0.25) is 5.91 Å². The van der Waals surface area contributed by atoms with Crippen LogP contribution in [0.25, 0.3) is 0 Å². The van der Waals surface area contributed by atoms with Gasteiger partial charge in [0.15, 0.2) is 0 Å². The molecule has 56 heavy (non-hydrogen) atoms. The molecule has 8 nitrogen and oxygen atoms in total. The average Bonchev–Trinajstić information content (AvgIpc) is 3.15. The molecule has 0 aliphatic carbocycles. The Kier molecular flexibility index (Phi) is 39.1. The van der Waals surface area contributed by atoms with Crippen molar-refractivity contribution in [3.63, 3.8) is 0 Å². The molecule has 0 saturated carbocycles. The first-order valence-electron chi connectivity index (χ1n) is 24.1. The van der Waals surface area contributed by atoms with Crippen LogP contribution in [-0.2, 0) is 18.4 Å². The van der Waals surface area contributed by atoms with Crippen molar-refractivity contribution in [2.75, 3.05) is 40.9 Å². The standard InChI is InChI=1S/C47H95N2O6P/c1-6-8-10-12-13-14-15-16-17-18-19-20-21-22-23-24-25-26-27-28-29-30-31-32-33-34-35-36-37-38-40-46(50)45(48-47(51)41-39-11-9-7-2)44-55-56(52,53)54-43-42-49(3,4)5/h38,40,45-46,50H,6-37,39,41-44H2,1-5H3,(H-,48,51,52,53)/b40-38+. The molecule has 0 fully saturated rings. The van der Waals surface area contributed by atoms with Crippen molar-refractivity contribution < 1.29 is 32.9 Å². The van der Waals surface area contributed by atoms with Crippen LogP contribution in [0, 0.1) is 0 Å². The second kappa shape index (κ2) is 39.7. The van der Waals surface area contributed by atoms with E-state index >= 15 is 0 Å². The third-order valence-electron chi connectivity index (χ3n) is 11.0. The van der Waals surface area contributed by atoms with Gasteiger partial charge in [0.05, 0.1) is 39.9 Å². The summed E-state index contributed by atoms with van der Waals surface area (Å²) in [6, 6.07) is -0.877. The molecule has 2 N–H and O–H groups in total. The van der Waals surface area contributed by atoms with Gasteiger partial charge in [-0.1, -0.05) is 219 Å². The summed E-state index contributed by atoms with van der Waals surface area (Å²) in [6.45, 7) is 4.53. The third kappa shape index (κ3) is 41.4. The Morgan fingerprint density at radius 2 is 0.964 bits per heavy atom. The van der Waals surface area contributed by atoms with Gasteiger partial charge < -0.3 is 28.8 Å². The number of carbonyl (C=O) groups excluding carboxylic acids is 1. The largest absolute Gasteiger partial charge is 0.756 e. The van der Waals surface area contributed by atoms with E-state index in [0.29, 0.717) is 17.4 Å². The Labute approximate surface area is 348 Å². The van der Waals surface area contributed by atoms with Gasteiger partial charge in [0.1, 0.15) is 13.2 Å². The normalized spacial score (nSPS) is 14.3. The van der Waals surface area contributed by atoms with Gasteiger partial charge in [-0.05, 0) is 19.3 Å². The fourth-order valence-corrected chi connectivity index (χ4v) is 7.88. The summed E-state index contributed by atoms with van der Waals surface area (Å²) >= 11 is 0. The molecule has 0 saturated heterocycles. The van der Waals surface area contributed by atoms with Crippen LogP contribution in [-0.4, -0.2) is 68.5 Å². The topological polar surface area (TPSA) is 108 Å². The molecule has 3 atom stereocenters. The maximum absolute atomic E-state index is 12.6. The molecule has 0 aromatic carbocycles. The Morgan fingerprint density at radius 3 is 1.34 bits per heavy atom. The summed E-state index contributed by atoms with van der Waals surface area (Å²) in [7, 11) is 1.27. The van der Waals surface area contributed by atoms with Crippen LogP contribution >= 0.6 is 7.82 Å². The van der Waals surface area contributed by atoms with Crippen LogP contribution in [0.1, 0.15) is 232 Å². The second-order valence-electron chi connectivity index (χ2n) is 17.8. The molecule has 9 heteroatoms. The van der Waals surface area contributed by atoms with Gasteiger partial charge in [-0.2, -0.15) is 0 Å². The van der Waals surface area contributed by atoms with E-state index in [1.807, 2.05) is 27.2 Å². The third-order valence-corrected chi connectivity index (χ3v) is 12.0. The van der Waals surface area contributed by atoms with Crippen molar-refractivity contribution in [1.82, 2.24) is 5.32 Å². The Bertz CT molecular complexity index is 927. The van der Waals surface area contributed by atoms with Crippen LogP contribution in [0.4, 0.5) is 0 Å². The van der Waals surface area contributed by atoms with E-state index in [1.165, 1.54) is 167 Å². The molecule has 0 aromatic heterocycles. The summed E-state index contributed by atoms with van der Waals surface area (Å²) < 4.78 is 23.0. The van der Waals surface area contributed by atoms with Crippen molar-refractivity contribution in [2.24, 2.45) is 0 Å². The lowest BCUT2D eigenvalue weighted by Gasteiger charge is -2.29. The number of unbranched alkanes of at least 4 members (excludes halogenated alkanes) is 31. The van der Waals surface area contributed by atoms with Gasteiger partial charge in [0, 0.05) is 6.42 Å². The molecule has 0 aromatic rings. The maximum atomic E-state index is 12.6. The number of quaternary nitrogens is 1. The van der Waals surface area contributed by atoms with E-state index in [-0.39, 0.29) is 19.1 Å². The zero-order chi connectivity index (χ0) is 41.4. The molecule has 0 bridgehead atoms. The van der Waals surface area contributed by atoms with Gasteiger partial charge in [-0.25, -0.2) is 0 Å². The summed E-state index contributed by atoms with van der Waals surface area (Å²) in [5.74, 6) is -0.213. The minimum absolute atomic E-state index is 0.000850. The number of nitrogens with zero attached hydrogens (tertiary/aromatic N) is 1. The molecular formula is C47H95N2O6P. The Hall–Kier alpha value is -0.760. The van der Waals surface area contributed by atoms with E-state index in [9.17, 15) is 19.4 Å². The highest BCUT2D eigenvalue weighted by Gasteiger charge is 2.23. The number of hydrogen-bond donors (Lipinski definition) is 2. The Balaban J connectivity index is 3.86. The second-order valence-corrected chi connectivity index (χ2v) is 19.2. The van der Waals surface area contributed by atoms with Crippen molar-refractivity contribution >= 4 is 13.7 Å². The first kappa shape index (κ1) is 55.2. The minimum atomic E-state index is -4.57. The lowest BCUT2D eigenvalue weighted by atomic mass is 10.0. The highest BCUT2D eigenvalue weighted by atomic mass is 31.2. The first-order chi connectivity index (χ1) is 27.0. The lowest BCUT2D eigenvalue weighted by molar-refractivity contribution is -0.870. The molecule has 0 heterocycles. The smallest absolute Gasteiger partial charge is 0.268 e. The highest BCUT2D eigenvalue weighted by Crippen LogP contribution is 2.38. The van der Waals surface area contributed by atoms with Crippen LogP contribution < -0.4 is 10.2 Å². The first-order valence-corrected chi connectivity index (χ1v) is 25.5. The van der Waals surface area contributed by atoms with Crippen molar-refractivity contribution in [1.29, 1.82) is 0 Å². The number of carbonyl (C=O) groups is 1. The van der Waals surface area contributed by atoms with E-state index in [1.54, 1.807) is 6.08 Å². The molecular weight excluding hydrogens is 719 g/mol. The summed E-state index contributed by atoms with van der Waals surface area (Å²) in [4.78, 5) is 24.9. The summed E-state index contributed by atoms with van der Waals surface area (Å²) in [5.41, 5.74) is 0. The van der Waals surface area contributed by atoms with E-state index in [4.69, 9.17) is 9.05 Å². The number of aliphatic hydroxyl groups excluding tert-OH is 1. The summed E-state index contributed by atoms with van der Waals surface area (Å²) in [5, 5.41) is 13.6. The quantitative estimate of drug-likeness (QED) is 0.0274. The zero-order valence-electron chi connectivity index (χ0n) is 37.9. The number of likely N-dealkylation sites (N-methyl/N-ethyl adjacent to an activating group) is 1. The predicted molar refractivity (Wildman–Crippen MR) is 238 cm³/mol. The van der Waals surface area contributed by atoms with Gasteiger partial charge in [-0.3, -0.25) is 9.36 Å². The van der Waals surface area contributed by atoms with Crippen molar-refractivity contribution in [3.05, 3.63) is 12.2 Å². The van der Waals surface area contributed by atoms with Gasteiger partial charge in [-0.15, -0.1) is 0 Å². The van der Waals surface area contributed by atoms with Crippen molar-refractivity contribution in [3.8, 4) is 0 Å². The van der Waals surface area contributed by atoms with Crippen molar-refractivity contribution in [2.45, 2.75) is 244 Å². The lowest BCUT2D eigenvalue weighted by Crippen LogP contribution is -2.45. The van der Waals surface area contributed by atoms with Crippen LogP contribution in [0.3, 0.4) is 0 Å². The molecule has 0 radical (unpaired) electrons. The van der Waals surface area contributed by atoms with Gasteiger partial charge in [0.25, 0.3) is 7.82 Å². The van der Waals surface area contributed by atoms with E-state index in [2.05, 4.69) is 19.2 Å². The molecule has 3 unspecified atom stereocenters. The number of nitrogens with one attached hydrogen (secondary N) is 1. The molecule has 0 aliphatic rings. The van der Waals surface area contributed by atoms with Crippen LogP contribution in [0.2, 0.25) is 0 Å². The molecule has 0 rings (SSSR count). The number of rotatable bonds is 44. The Morgan fingerprint density at radius 1 is 0.607 bits per heavy atom.